The fraction of sp³-hybridized carbons (Fsp3) is 0.423. The Labute approximate surface area is 204 Å². The predicted octanol–water partition coefficient (Wildman–Crippen LogP) is 5.92. The van der Waals surface area contributed by atoms with Gasteiger partial charge in [0.05, 0.1) is 28.6 Å². The maximum atomic E-state index is 13.2. The molecule has 8 heteroatoms. The smallest absolute Gasteiger partial charge is 0.420 e. The quantitative estimate of drug-likeness (QED) is 0.429. The third-order valence-corrected chi connectivity index (χ3v) is 6.06. The number of fused-ring (bicyclic) bond motifs is 1. The van der Waals surface area contributed by atoms with Gasteiger partial charge >= 0.3 is 12.1 Å². The number of para-hydroxylation sites is 2. The molecule has 0 saturated carbocycles. The number of nitrogens with zero attached hydrogens (tertiary/aromatic N) is 3. The van der Waals surface area contributed by atoms with E-state index in [0.29, 0.717) is 40.6 Å². The minimum atomic E-state index is -0.665. The van der Waals surface area contributed by atoms with Gasteiger partial charge in [0.25, 0.3) is 0 Å². The lowest BCUT2D eigenvalue weighted by atomic mass is 9.97. The number of benzene rings is 2. The number of halogens is 1. The standard InChI is InChI=1S/C26H30ClN3O4/c1-5-33-24(31)17-9-8-14-29(16-17)18-12-13-20(27)19(15-18)23-28-21-10-6-7-11-22(21)30(23)25(32)34-26(2,3)4/h6-7,10-13,15,17H,5,8-9,14,16H2,1-4H3. The van der Waals surface area contributed by atoms with Gasteiger partial charge in [0.15, 0.2) is 5.82 Å². The summed E-state index contributed by atoms with van der Waals surface area (Å²) >= 11 is 6.63. The van der Waals surface area contributed by atoms with Crippen LogP contribution in [0.15, 0.2) is 42.5 Å². The monoisotopic (exact) mass is 483 g/mol. The van der Waals surface area contributed by atoms with Crippen LogP contribution in [-0.4, -0.2) is 46.9 Å². The third-order valence-electron chi connectivity index (χ3n) is 5.73. The first-order valence-electron chi connectivity index (χ1n) is 11.6. The summed E-state index contributed by atoms with van der Waals surface area (Å²) < 4.78 is 12.4. The molecule has 0 bridgehead atoms. The highest BCUT2D eigenvalue weighted by molar-refractivity contribution is 6.33. The van der Waals surface area contributed by atoms with Gasteiger partial charge in [-0.15, -0.1) is 0 Å². The van der Waals surface area contributed by atoms with Crippen molar-refractivity contribution < 1.29 is 19.1 Å². The molecule has 1 unspecified atom stereocenters. The van der Waals surface area contributed by atoms with Gasteiger partial charge in [0.2, 0.25) is 0 Å². The maximum Gasteiger partial charge on any atom is 0.420 e. The minimum Gasteiger partial charge on any atom is -0.466 e. The molecule has 180 valence electrons. The number of piperidine rings is 1. The van der Waals surface area contributed by atoms with Crippen LogP contribution in [0.4, 0.5) is 10.5 Å². The lowest BCUT2D eigenvalue weighted by Crippen LogP contribution is -2.39. The first kappa shape index (κ1) is 24.1. The number of hydrogen-bond acceptors (Lipinski definition) is 6. The second kappa shape index (κ2) is 9.66. The Hall–Kier alpha value is -3.06. The second-order valence-corrected chi connectivity index (χ2v) is 9.85. The maximum absolute atomic E-state index is 13.2. The Balaban J connectivity index is 1.75. The molecule has 2 heterocycles. The van der Waals surface area contributed by atoms with Crippen LogP contribution >= 0.6 is 11.6 Å². The number of ether oxygens (including phenoxy) is 2. The first-order valence-corrected chi connectivity index (χ1v) is 12.0. The summed E-state index contributed by atoms with van der Waals surface area (Å²) in [6.45, 7) is 9.07. The number of carbonyl (C=O) groups is 2. The summed E-state index contributed by atoms with van der Waals surface area (Å²) in [7, 11) is 0. The Morgan fingerprint density at radius 3 is 2.68 bits per heavy atom. The normalized spacial score (nSPS) is 16.5. The Kier molecular flexibility index (Phi) is 6.84. The van der Waals surface area contributed by atoms with E-state index in [0.717, 1.165) is 25.1 Å². The van der Waals surface area contributed by atoms with Crippen molar-refractivity contribution >= 4 is 40.4 Å². The lowest BCUT2D eigenvalue weighted by Gasteiger charge is -2.33. The lowest BCUT2D eigenvalue weighted by molar-refractivity contribution is -0.148. The topological polar surface area (TPSA) is 73.7 Å². The van der Waals surface area contributed by atoms with Crippen molar-refractivity contribution in [2.24, 2.45) is 5.92 Å². The van der Waals surface area contributed by atoms with Gasteiger partial charge in [-0.3, -0.25) is 4.79 Å². The molecule has 1 aliphatic rings. The van der Waals surface area contributed by atoms with E-state index in [1.807, 2.05) is 64.1 Å². The molecule has 34 heavy (non-hydrogen) atoms. The summed E-state index contributed by atoms with van der Waals surface area (Å²) in [4.78, 5) is 32.4. The zero-order chi connectivity index (χ0) is 24.5. The summed E-state index contributed by atoms with van der Waals surface area (Å²) in [6, 6.07) is 13.1. The van der Waals surface area contributed by atoms with Crippen LogP contribution in [0.1, 0.15) is 40.5 Å². The predicted molar refractivity (Wildman–Crippen MR) is 133 cm³/mol. The molecule has 1 aliphatic heterocycles. The van der Waals surface area contributed by atoms with Crippen LogP contribution in [0.2, 0.25) is 5.02 Å². The van der Waals surface area contributed by atoms with Crippen LogP contribution in [0.3, 0.4) is 0 Å². The largest absolute Gasteiger partial charge is 0.466 e. The molecule has 0 N–H and O–H groups in total. The zero-order valence-corrected chi connectivity index (χ0v) is 20.8. The van der Waals surface area contributed by atoms with Crippen molar-refractivity contribution in [3.05, 3.63) is 47.5 Å². The van der Waals surface area contributed by atoms with E-state index in [4.69, 9.17) is 26.1 Å². The molecule has 0 spiro atoms. The minimum absolute atomic E-state index is 0.159. The highest BCUT2D eigenvalue weighted by Gasteiger charge is 2.29. The highest BCUT2D eigenvalue weighted by Crippen LogP contribution is 2.35. The number of hydrogen-bond donors (Lipinski definition) is 0. The number of carbonyl (C=O) groups excluding carboxylic acids is 2. The molecular weight excluding hydrogens is 454 g/mol. The van der Waals surface area contributed by atoms with Crippen LogP contribution in [0.25, 0.3) is 22.4 Å². The van der Waals surface area contributed by atoms with Crippen molar-refractivity contribution in [1.82, 2.24) is 9.55 Å². The molecule has 2 aromatic carbocycles. The fourth-order valence-electron chi connectivity index (χ4n) is 4.24. The Morgan fingerprint density at radius 1 is 1.18 bits per heavy atom. The van der Waals surface area contributed by atoms with Crippen molar-refractivity contribution in [3.8, 4) is 11.4 Å². The van der Waals surface area contributed by atoms with Gasteiger partial charge in [-0.05, 0) is 70.9 Å². The second-order valence-electron chi connectivity index (χ2n) is 9.44. The molecule has 0 radical (unpaired) electrons. The average molecular weight is 484 g/mol. The van der Waals surface area contributed by atoms with Gasteiger partial charge in [0.1, 0.15) is 5.60 Å². The molecule has 3 aromatic rings. The average Bonchev–Trinajstić information content (AvgIpc) is 3.18. The highest BCUT2D eigenvalue weighted by atomic mass is 35.5. The number of anilines is 1. The van der Waals surface area contributed by atoms with Gasteiger partial charge in [-0.25, -0.2) is 14.3 Å². The van der Waals surface area contributed by atoms with Crippen molar-refractivity contribution in [3.63, 3.8) is 0 Å². The summed E-state index contributed by atoms with van der Waals surface area (Å²) in [5.74, 6) is 0.0912. The molecule has 1 aromatic heterocycles. The summed E-state index contributed by atoms with van der Waals surface area (Å²) in [5, 5.41) is 0.475. The van der Waals surface area contributed by atoms with Crippen molar-refractivity contribution in [1.29, 1.82) is 0 Å². The van der Waals surface area contributed by atoms with Gasteiger partial charge in [0, 0.05) is 24.3 Å². The molecule has 1 fully saturated rings. The number of imidazole rings is 1. The molecular formula is C26H30ClN3O4. The molecule has 0 aliphatic carbocycles. The van der Waals surface area contributed by atoms with Gasteiger partial charge < -0.3 is 14.4 Å². The van der Waals surface area contributed by atoms with Crippen LogP contribution in [-0.2, 0) is 14.3 Å². The SMILES string of the molecule is CCOC(=O)C1CCCN(c2ccc(Cl)c(-c3nc4ccccc4n3C(=O)OC(C)(C)C)c2)C1. The Bertz CT molecular complexity index is 1210. The first-order chi connectivity index (χ1) is 16.2. The van der Waals surface area contributed by atoms with Crippen molar-refractivity contribution in [2.45, 2.75) is 46.1 Å². The van der Waals surface area contributed by atoms with Crippen molar-refractivity contribution in [2.75, 3.05) is 24.6 Å². The summed E-state index contributed by atoms with van der Waals surface area (Å²) in [5.41, 5.74) is 2.19. The van der Waals surface area contributed by atoms with E-state index < -0.39 is 11.7 Å². The number of rotatable bonds is 4. The molecule has 0 amide bonds. The zero-order valence-electron chi connectivity index (χ0n) is 20.0. The summed E-state index contributed by atoms with van der Waals surface area (Å²) in [6.07, 6.45) is 1.18. The molecule has 1 atom stereocenters. The van der Waals surface area contributed by atoms with E-state index in [-0.39, 0.29) is 11.9 Å². The van der Waals surface area contributed by atoms with E-state index in [1.165, 1.54) is 4.57 Å². The number of aromatic nitrogens is 2. The molecule has 7 nitrogen and oxygen atoms in total. The fourth-order valence-corrected chi connectivity index (χ4v) is 4.45. The van der Waals surface area contributed by atoms with Crippen LogP contribution in [0, 0.1) is 5.92 Å². The van der Waals surface area contributed by atoms with Gasteiger partial charge in [-0.1, -0.05) is 23.7 Å². The Morgan fingerprint density at radius 2 is 1.94 bits per heavy atom. The van der Waals surface area contributed by atoms with E-state index >= 15 is 0 Å². The third kappa shape index (κ3) is 5.04. The van der Waals surface area contributed by atoms with E-state index in [9.17, 15) is 9.59 Å². The van der Waals surface area contributed by atoms with E-state index in [2.05, 4.69) is 4.90 Å². The van der Waals surface area contributed by atoms with Crippen LogP contribution in [0.5, 0.6) is 0 Å². The van der Waals surface area contributed by atoms with Gasteiger partial charge in [-0.2, -0.15) is 0 Å². The number of esters is 1. The van der Waals surface area contributed by atoms with E-state index in [1.54, 1.807) is 6.07 Å². The molecule has 1 saturated heterocycles. The van der Waals surface area contributed by atoms with Crippen LogP contribution < -0.4 is 4.90 Å². The molecule has 4 rings (SSSR count).